The van der Waals surface area contributed by atoms with Gasteiger partial charge >= 0.3 is 11.8 Å². The lowest BCUT2D eigenvalue weighted by atomic mass is 10.1. The van der Waals surface area contributed by atoms with Crippen LogP contribution in [0.25, 0.3) is 11.1 Å². The van der Waals surface area contributed by atoms with Gasteiger partial charge in [-0.3, -0.25) is 14.7 Å². The number of imide groups is 1. The standard InChI is InChI=1S/C12H11ClN3O4/c1-16(11(14)18)9(17)3-2-6-4-7(13)10-8(5-6)20-12(19)15-10/h3-5H,2H2,1H3,(H2,14,18)(H,15,19). The molecule has 3 amide bonds. The van der Waals surface area contributed by atoms with Crippen LogP contribution in [0.15, 0.2) is 21.3 Å². The van der Waals surface area contributed by atoms with E-state index in [-0.39, 0.29) is 6.42 Å². The molecule has 7 nitrogen and oxygen atoms in total. The predicted molar refractivity (Wildman–Crippen MR) is 72.2 cm³/mol. The quantitative estimate of drug-likeness (QED) is 0.882. The van der Waals surface area contributed by atoms with Gasteiger partial charge in [0.25, 0.3) is 0 Å². The number of fused-ring (bicyclic) bond motifs is 1. The first-order chi connectivity index (χ1) is 9.38. The molecule has 3 N–H and O–H groups in total. The molecule has 0 spiro atoms. The van der Waals surface area contributed by atoms with Gasteiger partial charge in [-0.05, 0) is 24.1 Å². The second kappa shape index (κ2) is 5.38. The van der Waals surface area contributed by atoms with Gasteiger partial charge in [0.2, 0.25) is 5.91 Å². The molecule has 0 aliphatic heterocycles. The van der Waals surface area contributed by atoms with Crippen molar-refractivity contribution in [3.8, 4) is 0 Å². The molecular weight excluding hydrogens is 286 g/mol. The zero-order chi connectivity index (χ0) is 14.9. The fourth-order valence-electron chi connectivity index (χ4n) is 1.63. The van der Waals surface area contributed by atoms with Gasteiger partial charge in [0.05, 0.1) is 11.4 Å². The Bertz CT molecular complexity index is 734. The third-order valence-corrected chi connectivity index (χ3v) is 3.02. The van der Waals surface area contributed by atoms with Crippen LogP contribution >= 0.6 is 11.6 Å². The zero-order valence-corrected chi connectivity index (χ0v) is 11.2. The van der Waals surface area contributed by atoms with Crippen molar-refractivity contribution in [3.05, 3.63) is 39.7 Å². The van der Waals surface area contributed by atoms with Crippen LogP contribution in [0, 0.1) is 6.42 Å². The first kappa shape index (κ1) is 14.1. The highest BCUT2D eigenvalue weighted by Gasteiger charge is 2.14. The summed E-state index contributed by atoms with van der Waals surface area (Å²) in [5.41, 5.74) is 6.35. The number of nitrogens with two attached hydrogens (primary N) is 1. The number of rotatable bonds is 3. The average Bonchev–Trinajstić information content (AvgIpc) is 2.76. The van der Waals surface area contributed by atoms with Gasteiger partial charge in [-0.2, -0.15) is 0 Å². The van der Waals surface area contributed by atoms with Crippen LogP contribution in [-0.2, 0) is 11.2 Å². The number of nitrogens with zero attached hydrogens (tertiary/aromatic N) is 1. The van der Waals surface area contributed by atoms with E-state index in [0.717, 1.165) is 4.90 Å². The third-order valence-electron chi connectivity index (χ3n) is 2.72. The van der Waals surface area contributed by atoms with Gasteiger partial charge < -0.3 is 10.2 Å². The maximum absolute atomic E-state index is 11.6. The summed E-state index contributed by atoms with van der Waals surface area (Å²) in [4.78, 5) is 36.7. The number of H-pyrrole nitrogens is 1. The Kier molecular flexibility index (Phi) is 3.80. The van der Waals surface area contributed by atoms with Crippen molar-refractivity contribution < 1.29 is 14.0 Å². The van der Waals surface area contributed by atoms with Crippen LogP contribution < -0.4 is 11.5 Å². The number of urea groups is 1. The molecule has 20 heavy (non-hydrogen) atoms. The number of carbonyl (C=O) groups excluding carboxylic acids is 2. The van der Waals surface area contributed by atoms with E-state index in [1.807, 2.05) is 0 Å². The molecule has 105 valence electrons. The van der Waals surface area contributed by atoms with Crippen LogP contribution in [0.2, 0.25) is 5.02 Å². The first-order valence-corrected chi connectivity index (χ1v) is 5.98. The highest BCUT2D eigenvalue weighted by Crippen LogP contribution is 2.23. The zero-order valence-electron chi connectivity index (χ0n) is 10.5. The first-order valence-electron chi connectivity index (χ1n) is 5.60. The largest absolute Gasteiger partial charge is 0.417 e. The number of amides is 3. The minimum Gasteiger partial charge on any atom is -0.408 e. The van der Waals surface area contributed by atoms with Crippen LogP contribution in [-0.4, -0.2) is 28.9 Å². The number of oxazole rings is 1. The number of aromatic nitrogens is 1. The van der Waals surface area contributed by atoms with Crippen LogP contribution in [0.1, 0.15) is 5.56 Å². The van der Waals surface area contributed by atoms with Gasteiger partial charge in [0.1, 0.15) is 5.52 Å². The number of hydrogen-bond acceptors (Lipinski definition) is 4. The second-order valence-corrected chi connectivity index (χ2v) is 4.52. The number of carbonyl (C=O) groups is 2. The third kappa shape index (κ3) is 2.83. The average molecular weight is 297 g/mol. The van der Waals surface area contributed by atoms with Gasteiger partial charge in [0.15, 0.2) is 5.58 Å². The highest BCUT2D eigenvalue weighted by molar-refractivity contribution is 6.34. The minimum atomic E-state index is -0.837. The molecule has 1 aromatic carbocycles. The summed E-state index contributed by atoms with van der Waals surface area (Å²) in [5.74, 6) is -1.13. The van der Waals surface area contributed by atoms with Gasteiger partial charge in [-0.25, -0.2) is 9.59 Å². The topological polar surface area (TPSA) is 109 Å². The normalized spacial score (nSPS) is 10.7. The maximum Gasteiger partial charge on any atom is 0.417 e. The molecule has 0 aliphatic carbocycles. The summed E-state index contributed by atoms with van der Waals surface area (Å²) in [6, 6.07) is 2.35. The fraction of sp³-hybridized carbons (Fsp3) is 0.167. The van der Waals surface area contributed by atoms with E-state index in [0.29, 0.717) is 21.7 Å². The summed E-state index contributed by atoms with van der Waals surface area (Å²) in [7, 11) is 1.28. The summed E-state index contributed by atoms with van der Waals surface area (Å²) in [5, 5.41) is 0.312. The van der Waals surface area contributed by atoms with Crippen LogP contribution in [0.5, 0.6) is 0 Å². The Morgan fingerprint density at radius 1 is 1.50 bits per heavy atom. The van der Waals surface area contributed by atoms with Crippen molar-refractivity contribution in [3.63, 3.8) is 0 Å². The Morgan fingerprint density at radius 2 is 2.20 bits per heavy atom. The van der Waals surface area contributed by atoms with E-state index in [9.17, 15) is 14.4 Å². The number of benzene rings is 1. The number of aromatic amines is 1. The molecule has 0 atom stereocenters. The molecule has 1 heterocycles. The molecule has 8 heteroatoms. The minimum absolute atomic E-state index is 0.223. The smallest absolute Gasteiger partial charge is 0.408 e. The molecule has 0 fully saturated rings. The molecule has 0 bridgehead atoms. The number of hydrogen-bond donors (Lipinski definition) is 2. The Morgan fingerprint density at radius 3 is 2.85 bits per heavy atom. The SMILES string of the molecule is CN(C(N)=O)C(=O)[CH]Cc1cc(Cl)c2[nH]c(=O)oc2c1. The lowest BCUT2D eigenvalue weighted by Gasteiger charge is -2.11. The van der Waals surface area contributed by atoms with Crippen molar-refractivity contribution in [2.24, 2.45) is 5.73 Å². The Hall–Kier alpha value is -2.28. The van der Waals surface area contributed by atoms with Crippen molar-refractivity contribution in [2.45, 2.75) is 6.42 Å². The summed E-state index contributed by atoms with van der Waals surface area (Å²) in [6.45, 7) is 0. The summed E-state index contributed by atoms with van der Waals surface area (Å²) in [6.07, 6.45) is 1.51. The van der Waals surface area contributed by atoms with Crippen molar-refractivity contribution in [1.29, 1.82) is 0 Å². The van der Waals surface area contributed by atoms with Gasteiger partial charge in [-0.1, -0.05) is 11.6 Å². The molecule has 2 aromatic rings. The number of primary amides is 1. The molecule has 0 aliphatic rings. The fourth-order valence-corrected chi connectivity index (χ4v) is 1.91. The molecule has 2 rings (SSSR count). The van der Waals surface area contributed by atoms with Crippen LogP contribution in [0.4, 0.5) is 4.79 Å². The van der Waals surface area contributed by atoms with E-state index in [1.54, 1.807) is 12.1 Å². The molecular formula is C12H11ClN3O4. The van der Waals surface area contributed by atoms with E-state index in [4.69, 9.17) is 21.8 Å². The summed E-state index contributed by atoms with van der Waals surface area (Å²) < 4.78 is 4.90. The van der Waals surface area contributed by atoms with E-state index < -0.39 is 17.7 Å². The van der Waals surface area contributed by atoms with E-state index in [1.165, 1.54) is 13.5 Å². The van der Waals surface area contributed by atoms with E-state index >= 15 is 0 Å². The molecule has 1 radical (unpaired) electrons. The van der Waals surface area contributed by atoms with Crippen molar-refractivity contribution in [1.82, 2.24) is 9.88 Å². The van der Waals surface area contributed by atoms with E-state index in [2.05, 4.69) is 4.98 Å². The Balaban J connectivity index is 2.16. The maximum atomic E-state index is 11.6. The molecule has 0 unspecified atom stereocenters. The van der Waals surface area contributed by atoms with Gasteiger partial charge in [0, 0.05) is 7.05 Å². The number of halogens is 1. The van der Waals surface area contributed by atoms with Crippen LogP contribution in [0.3, 0.4) is 0 Å². The molecule has 0 saturated carbocycles. The monoisotopic (exact) mass is 296 g/mol. The van der Waals surface area contributed by atoms with Crippen molar-refractivity contribution in [2.75, 3.05) is 7.05 Å². The molecule has 0 saturated heterocycles. The second-order valence-electron chi connectivity index (χ2n) is 4.11. The summed E-state index contributed by atoms with van der Waals surface area (Å²) >= 11 is 5.99. The molecule has 1 aromatic heterocycles. The Labute approximate surface area is 118 Å². The van der Waals surface area contributed by atoms with Gasteiger partial charge in [-0.15, -0.1) is 0 Å². The predicted octanol–water partition coefficient (Wildman–Crippen LogP) is 1.06. The lowest BCUT2D eigenvalue weighted by Crippen LogP contribution is -2.37. The highest BCUT2D eigenvalue weighted by atomic mass is 35.5. The lowest BCUT2D eigenvalue weighted by molar-refractivity contribution is -0.123. The number of nitrogens with one attached hydrogen (secondary N) is 1. The van der Waals surface area contributed by atoms with Crippen molar-refractivity contribution >= 4 is 34.6 Å².